The van der Waals surface area contributed by atoms with Gasteiger partial charge in [-0.2, -0.15) is 0 Å². The van der Waals surface area contributed by atoms with Crippen molar-refractivity contribution in [1.29, 1.82) is 0 Å². The van der Waals surface area contributed by atoms with Gasteiger partial charge in [-0.3, -0.25) is 9.78 Å². The van der Waals surface area contributed by atoms with Crippen LogP contribution in [0.25, 0.3) is 6.08 Å². The van der Waals surface area contributed by atoms with E-state index in [0.29, 0.717) is 28.6 Å². The molecule has 0 saturated heterocycles. The maximum Gasteiger partial charge on any atom is 0.275 e. The van der Waals surface area contributed by atoms with Crippen molar-refractivity contribution in [2.75, 3.05) is 14.2 Å². The van der Waals surface area contributed by atoms with E-state index < -0.39 is 0 Å². The quantitative estimate of drug-likeness (QED) is 0.877. The summed E-state index contributed by atoms with van der Waals surface area (Å²) in [5, 5.41) is 2.76. The lowest BCUT2D eigenvalue weighted by Crippen LogP contribution is -2.24. The lowest BCUT2D eigenvalue weighted by Gasteiger charge is -2.08. The highest BCUT2D eigenvalue weighted by Crippen LogP contribution is 2.24. The first-order chi connectivity index (χ1) is 11.2. The number of aliphatic imine (C=N–C) groups is 1. The fraction of sp³-hybridized carbons (Fsp3) is 0.118. The van der Waals surface area contributed by atoms with Gasteiger partial charge >= 0.3 is 0 Å². The van der Waals surface area contributed by atoms with Gasteiger partial charge in [0.2, 0.25) is 0 Å². The Bertz CT molecular complexity index is 776. The third-order valence-electron chi connectivity index (χ3n) is 3.33. The van der Waals surface area contributed by atoms with Gasteiger partial charge in [-0.25, -0.2) is 4.99 Å². The molecular formula is C17H15N3O3. The number of rotatable bonds is 4. The highest BCUT2D eigenvalue weighted by molar-refractivity contribution is 6.20. The summed E-state index contributed by atoms with van der Waals surface area (Å²) < 4.78 is 10.5. The summed E-state index contributed by atoms with van der Waals surface area (Å²) >= 11 is 0. The van der Waals surface area contributed by atoms with Gasteiger partial charge in [-0.1, -0.05) is 0 Å². The fourth-order valence-corrected chi connectivity index (χ4v) is 2.17. The first-order valence-corrected chi connectivity index (χ1v) is 6.95. The Balaban J connectivity index is 1.97. The lowest BCUT2D eigenvalue weighted by atomic mass is 10.2. The maximum absolute atomic E-state index is 12.1. The van der Waals surface area contributed by atoms with Crippen molar-refractivity contribution in [2.24, 2.45) is 4.99 Å². The number of carbonyl (C=O) groups is 1. The zero-order valence-corrected chi connectivity index (χ0v) is 12.7. The molecule has 1 aliphatic heterocycles. The molecule has 2 aromatic rings. The monoisotopic (exact) mass is 309 g/mol. The number of carbonyl (C=O) groups excluding carboxylic acids is 1. The highest BCUT2D eigenvalue weighted by Gasteiger charge is 2.22. The Morgan fingerprint density at radius 3 is 2.30 bits per heavy atom. The van der Waals surface area contributed by atoms with E-state index in [2.05, 4.69) is 15.3 Å². The van der Waals surface area contributed by atoms with E-state index >= 15 is 0 Å². The molecule has 0 radical (unpaired) electrons. The Morgan fingerprint density at radius 2 is 1.70 bits per heavy atom. The number of hydrogen-bond donors (Lipinski definition) is 1. The van der Waals surface area contributed by atoms with Crippen LogP contribution in [0.1, 0.15) is 11.1 Å². The highest BCUT2D eigenvalue weighted by atomic mass is 16.5. The number of benzene rings is 1. The molecule has 0 atom stereocenters. The molecule has 0 spiro atoms. The van der Waals surface area contributed by atoms with E-state index in [4.69, 9.17) is 9.47 Å². The molecule has 6 heteroatoms. The average Bonchev–Trinajstić information content (AvgIpc) is 2.96. The third-order valence-corrected chi connectivity index (χ3v) is 3.33. The standard InChI is InChI=1S/C17H15N3O3/c1-22-13-8-12(9-14(10-13)23-2)16-19-15(17(21)20-16)7-11-3-5-18-6-4-11/h3-10H,1-2H3,(H,19,20,21)/b15-7+. The van der Waals surface area contributed by atoms with Crippen LogP contribution < -0.4 is 14.8 Å². The van der Waals surface area contributed by atoms with Crippen LogP contribution in [0.5, 0.6) is 11.5 Å². The van der Waals surface area contributed by atoms with Crippen LogP contribution in [-0.2, 0) is 4.79 Å². The molecule has 1 N–H and O–H groups in total. The summed E-state index contributed by atoms with van der Waals surface area (Å²) in [6.45, 7) is 0. The van der Waals surface area contributed by atoms with Crippen LogP contribution in [0.2, 0.25) is 0 Å². The Labute approximate surface area is 133 Å². The van der Waals surface area contributed by atoms with Crippen LogP contribution >= 0.6 is 0 Å². The van der Waals surface area contributed by atoms with Crippen LogP contribution in [0, 0.1) is 0 Å². The summed E-state index contributed by atoms with van der Waals surface area (Å²) in [7, 11) is 3.14. The summed E-state index contributed by atoms with van der Waals surface area (Å²) in [6.07, 6.45) is 5.04. The van der Waals surface area contributed by atoms with Gasteiger partial charge in [0.1, 0.15) is 23.0 Å². The van der Waals surface area contributed by atoms with Crippen LogP contribution in [0.15, 0.2) is 53.4 Å². The summed E-state index contributed by atoms with van der Waals surface area (Å²) in [5.74, 6) is 1.47. The molecular weight excluding hydrogens is 294 g/mol. The molecule has 1 amide bonds. The second kappa shape index (κ2) is 6.31. The molecule has 23 heavy (non-hydrogen) atoms. The predicted octanol–water partition coefficient (Wildman–Crippen LogP) is 2.02. The van der Waals surface area contributed by atoms with E-state index in [1.54, 1.807) is 50.9 Å². The van der Waals surface area contributed by atoms with Crippen molar-refractivity contribution in [3.63, 3.8) is 0 Å². The molecule has 0 saturated carbocycles. The van der Waals surface area contributed by atoms with Crippen molar-refractivity contribution >= 4 is 17.8 Å². The minimum atomic E-state index is -0.251. The van der Waals surface area contributed by atoms with Crippen LogP contribution in [0.3, 0.4) is 0 Å². The molecule has 0 fully saturated rings. The minimum absolute atomic E-state index is 0.251. The SMILES string of the molecule is COc1cc(OC)cc(C2=N/C(=C/c3ccncc3)C(=O)N2)c1. The smallest absolute Gasteiger partial charge is 0.275 e. The number of aromatic nitrogens is 1. The number of amides is 1. The second-order valence-electron chi connectivity index (χ2n) is 4.83. The first kappa shape index (κ1) is 14.8. The molecule has 1 aliphatic rings. The molecule has 1 aromatic carbocycles. The number of amidine groups is 1. The molecule has 6 nitrogen and oxygen atoms in total. The maximum atomic E-state index is 12.1. The van der Waals surface area contributed by atoms with Gasteiger partial charge in [0, 0.05) is 24.0 Å². The molecule has 2 heterocycles. The Hall–Kier alpha value is -3.15. The van der Waals surface area contributed by atoms with Gasteiger partial charge in [-0.05, 0) is 35.9 Å². The number of pyridine rings is 1. The summed E-state index contributed by atoms with van der Waals surface area (Å²) in [4.78, 5) is 20.4. The van der Waals surface area contributed by atoms with Crippen molar-refractivity contribution in [1.82, 2.24) is 10.3 Å². The number of nitrogens with one attached hydrogen (secondary N) is 1. The van der Waals surface area contributed by atoms with Gasteiger partial charge in [-0.15, -0.1) is 0 Å². The molecule has 116 valence electrons. The number of methoxy groups -OCH3 is 2. The number of nitrogens with zero attached hydrogens (tertiary/aromatic N) is 2. The fourth-order valence-electron chi connectivity index (χ4n) is 2.17. The summed E-state index contributed by atoms with van der Waals surface area (Å²) in [6, 6.07) is 8.95. The second-order valence-corrected chi connectivity index (χ2v) is 4.83. The van der Waals surface area contributed by atoms with E-state index in [9.17, 15) is 4.79 Å². The van der Waals surface area contributed by atoms with Gasteiger partial charge in [0.25, 0.3) is 5.91 Å². The lowest BCUT2D eigenvalue weighted by molar-refractivity contribution is -0.115. The minimum Gasteiger partial charge on any atom is -0.497 e. The van der Waals surface area contributed by atoms with Gasteiger partial charge < -0.3 is 14.8 Å². The molecule has 1 aromatic heterocycles. The third kappa shape index (κ3) is 3.21. The van der Waals surface area contributed by atoms with E-state index in [1.807, 2.05) is 12.1 Å². The first-order valence-electron chi connectivity index (χ1n) is 6.95. The van der Waals surface area contributed by atoms with Crippen molar-refractivity contribution < 1.29 is 14.3 Å². The van der Waals surface area contributed by atoms with Gasteiger partial charge in [0.05, 0.1) is 14.2 Å². The number of hydrogen-bond acceptors (Lipinski definition) is 5. The predicted molar refractivity (Wildman–Crippen MR) is 86.4 cm³/mol. The van der Waals surface area contributed by atoms with E-state index in [-0.39, 0.29) is 5.91 Å². The molecule has 0 unspecified atom stereocenters. The molecule has 0 bridgehead atoms. The zero-order valence-electron chi connectivity index (χ0n) is 12.7. The normalized spacial score (nSPS) is 15.3. The van der Waals surface area contributed by atoms with Crippen LogP contribution in [-0.4, -0.2) is 30.9 Å². The van der Waals surface area contributed by atoms with Crippen molar-refractivity contribution in [3.8, 4) is 11.5 Å². The van der Waals surface area contributed by atoms with E-state index in [0.717, 1.165) is 5.56 Å². The van der Waals surface area contributed by atoms with Crippen molar-refractivity contribution in [3.05, 3.63) is 59.5 Å². The number of ether oxygens (including phenoxy) is 2. The van der Waals surface area contributed by atoms with Crippen molar-refractivity contribution in [2.45, 2.75) is 0 Å². The Morgan fingerprint density at radius 1 is 1.04 bits per heavy atom. The topological polar surface area (TPSA) is 72.8 Å². The largest absolute Gasteiger partial charge is 0.497 e. The molecule has 0 aliphatic carbocycles. The zero-order chi connectivity index (χ0) is 16.2. The van der Waals surface area contributed by atoms with Crippen LogP contribution in [0.4, 0.5) is 0 Å². The van der Waals surface area contributed by atoms with E-state index in [1.165, 1.54) is 0 Å². The average molecular weight is 309 g/mol. The van der Waals surface area contributed by atoms with Gasteiger partial charge in [0.15, 0.2) is 0 Å². The molecule has 3 rings (SSSR count). The summed E-state index contributed by atoms with van der Waals surface area (Å²) in [5.41, 5.74) is 1.92. The Kier molecular flexibility index (Phi) is 4.05.